The standard InChI is InChI=1S/C22H34N2O2.C20H18O8/c1-4-6-7-8-12-23-21(25)26-18-10-9-17-15-20-22(3,19(17)16-18)11-14-24(20)13-5-2;1-11-3-7-13(8-4-11)19(25)27-15(17(21)22)16(18(23)24)28-20(26)14-9-5-12(2)6-10-14/h9-10,16,20H,4-8,11-15H2,1-3H3,(H,23,25);3-10,15-16H,1-2H3,(H,21,22)(H,23,24)/t20?,22-;/m0./s1. The van der Waals surface area contributed by atoms with Crippen LogP contribution < -0.4 is 10.1 Å². The van der Waals surface area contributed by atoms with Crippen molar-refractivity contribution in [3.63, 3.8) is 0 Å². The molecule has 1 aliphatic heterocycles. The van der Waals surface area contributed by atoms with E-state index in [1.807, 2.05) is 6.07 Å². The van der Waals surface area contributed by atoms with Gasteiger partial charge >= 0.3 is 30.0 Å². The van der Waals surface area contributed by atoms with Crippen molar-refractivity contribution in [1.29, 1.82) is 0 Å². The largest absolute Gasteiger partial charge is 0.478 e. The van der Waals surface area contributed by atoms with Gasteiger partial charge in [0.15, 0.2) is 0 Å². The number of carbonyl (C=O) groups excluding carboxylic acids is 3. The normalized spacial score (nSPS) is 18.2. The Hall–Kier alpha value is -5.23. The molecule has 1 aliphatic carbocycles. The first-order valence-electron chi connectivity index (χ1n) is 18.6. The quantitative estimate of drug-likeness (QED) is 0.110. The summed E-state index contributed by atoms with van der Waals surface area (Å²) in [6.07, 6.45) is 3.33. The maximum atomic E-state index is 12.2. The van der Waals surface area contributed by atoms with Gasteiger partial charge in [0.05, 0.1) is 11.1 Å². The molecule has 1 saturated heterocycles. The lowest BCUT2D eigenvalue weighted by Crippen LogP contribution is -2.45. The van der Waals surface area contributed by atoms with Crippen LogP contribution in [-0.2, 0) is 30.9 Å². The summed E-state index contributed by atoms with van der Waals surface area (Å²) in [7, 11) is 0. The molecule has 12 nitrogen and oxygen atoms in total. The molecule has 54 heavy (non-hydrogen) atoms. The van der Waals surface area contributed by atoms with Crippen LogP contribution in [0, 0.1) is 13.8 Å². The van der Waals surface area contributed by atoms with Gasteiger partial charge < -0.3 is 29.7 Å². The number of nitrogens with zero attached hydrogens (tertiary/aromatic N) is 1. The van der Waals surface area contributed by atoms with E-state index in [4.69, 9.17) is 14.2 Å². The molecule has 0 radical (unpaired) electrons. The maximum absolute atomic E-state index is 12.2. The van der Waals surface area contributed by atoms with Crippen molar-refractivity contribution in [2.75, 3.05) is 19.6 Å². The smallest absolute Gasteiger partial charge is 0.412 e. The molecular weight excluding hydrogens is 692 g/mol. The molecule has 2 aliphatic rings. The Morgan fingerprint density at radius 3 is 1.85 bits per heavy atom. The number of fused-ring (bicyclic) bond motifs is 3. The number of amides is 1. The molecule has 1 fully saturated rings. The van der Waals surface area contributed by atoms with Gasteiger partial charge in [0, 0.05) is 18.0 Å². The van der Waals surface area contributed by atoms with Crippen molar-refractivity contribution in [3.8, 4) is 5.75 Å². The molecule has 4 atom stereocenters. The van der Waals surface area contributed by atoms with Crippen molar-refractivity contribution < 1.29 is 48.4 Å². The number of carbonyl (C=O) groups is 5. The first-order valence-corrected chi connectivity index (χ1v) is 18.6. The summed E-state index contributed by atoms with van der Waals surface area (Å²) in [5.74, 6) is -4.95. The summed E-state index contributed by atoms with van der Waals surface area (Å²) in [6, 6.07) is 18.9. The predicted octanol–water partition coefficient (Wildman–Crippen LogP) is 6.88. The zero-order valence-corrected chi connectivity index (χ0v) is 31.8. The molecule has 3 unspecified atom stereocenters. The van der Waals surface area contributed by atoms with Gasteiger partial charge in [-0.15, -0.1) is 0 Å². The number of carboxylic acid groups (broad SMARTS) is 2. The van der Waals surface area contributed by atoms with Crippen LogP contribution in [-0.4, -0.2) is 83.0 Å². The van der Waals surface area contributed by atoms with Gasteiger partial charge in [0.2, 0.25) is 12.2 Å². The van der Waals surface area contributed by atoms with Gasteiger partial charge in [-0.25, -0.2) is 24.0 Å². The fraction of sp³-hybridized carbons (Fsp3) is 0.452. The highest BCUT2D eigenvalue weighted by Gasteiger charge is 2.50. The van der Waals surface area contributed by atoms with Crippen LogP contribution in [0.1, 0.15) is 102 Å². The third-order valence-corrected chi connectivity index (χ3v) is 10.0. The third kappa shape index (κ3) is 10.7. The number of benzene rings is 3. The van der Waals surface area contributed by atoms with Gasteiger partial charge in [-0.05, 0) is 100 Å². The van der Waals surface area contributed by atoms with Gasteiger partial charge in [-0.3, -0.25) is 4.90 Å². The molecule has 3 N–H and O–H groups in total. The van der Waals surface area contributed by atoms with Gasteiger partial charge in [-0.1, -0.05) is 81.5 Å². The van der Waals surface area contributed by atoms with Crippen LogP contribution in [0.5, 0.6) is 5.75 Å². The zero-order valence-electron chi connectivity index (χ0n) is 31.8. The topological polar surface area (TPSA) is 169 Å². The Morgan fingerprint density at radius 1 is 0.796 bits per heavy atom. The molecular formula is C42H52N2O10. The van der Waals surface area contributed by atoms with E-state index in [1.54, 1.807) is 38.1 Å². The summed E-state index contributed by atoms with van der Waals surface area (Å²) >= 11 is 0. The van der Waals surface area contributed by atoms with Crippen LogP contribution >= 0.6 is 0 Å². The highest BCUT2D eigenvalue weighted by atomic mass is 16.6. The number of aliphatic carboxylic acids is 2. The lowest BCUT2D eigenvalue weighted by molar-refractivity contribution is -0.166. The van der Waals surface area contributed by atoms with Gasteiger partial charge in [-0.2, -0.15) is 0 Å². The van der Waals surface area contributed by atoms with E-state index in [-0.39, 0.29) is 22.6 Å². The van der Waals surface area contributed by atoms with E-state index in [0.29, 0.717) is 18.3 Å². The molecule has 290 valence electrons. The number of unbranched alkanes of at least 4 members (excludes halogenated alkanes) is 3. The van der Waals surface area contributed by atoms with Crippen LogP contribution in [0.15, 0.2) is 66.7 Å². The molecule has 0 saturated carbocycles. The fourth-order valence-corrected chi connectivity index (χ4v) is 6.98. The van der Waals surface area contributed by atoms with E-state index in [9.17, 15) is 34.2 Å². The van der Waals surface area contributed by atoms with Crippen LogP contribution in [0.3, 0.4) is 0 Å². The molecule has 0 spiro atoms. The number of nitrogens with one attached hydrogen (secondary N) is 1. The maximum Gasteiger partial charge on any atom is 0.412 e. The Labute approximate surface area is 316 Å². The Morgan fingerprint density at radius 2 is 1.35 bits per heavy atom. The summed E-state index contributed by atoms with van der Waals surface area (Å²) in [4.78, 5) is 62.0. The Kier molecular flexibility index (Phi) is 14.8. The molecule has 3 aromatic rings. The number of hydrogen-bond acceptors (Lipinski definition) is 9. The second kappa shape index (κ2) is 19.2. The van der Waals surface area contributed by atoms with Crippen LogP contribution in [0.4, 0.5) is 4.79 Å². The van der Waals surface area contributed by atoms with Crippen molar-refractivity contribution >= 4 is 30.0 Å². The number of rotatable bonds is 15. The first-order chi connectivity index (χ1) is 25.8. The second-order valence-corrected chi connectivity index (χ2v) is 14.2. The number of ether oxygens (including phenoxy) is 3. The van der Waals surface area contributed by atoms with E-state index in [1.165, 1.54) is 74.2 Å². The average Bonchev–Trinajstić information content (AvgIpc) is 3.61. The Balaban J connectivity index is 0.000000241. The van der Waals surface area contributed by atoms with Crippen molar-refractivity contribution in [3.05, 3.63) is 100 Å². The second-order valence-electron chi connectivity index (χ2n) is 14.2. The van der Waals surface area contributed by atoms with E-state index in [0.717, 1.165) is 30.4 Å². The number of hydrogen-bond donors (Lipinski definition) is 3. The van der Waals surface area contributed by atoms with Crippen molar-refractivity contribution in [2.24, 2.45) is 0 Å². The predicted molar refractivity (Wildman–Crippen MR) is 202 cm³/mol. The molecule has 0 aromatic heterocycles. The van der Waals surface area contributed by atoms with E-state index < -0.39 is 36.1 Å². The number of aryl methyl sites for hydroxylation is 2. The van der Waals surface area contributed by atoms with Crippen molar-refractivity contribution in [2.45, 2.75) is 103 Å². The van der Waals surface area contributed by atoms with E-state index >= 15 is 0 Å². The molecule has 3 aromatic carbocycles. The lowest BCUT2D eigenvalue weighted by Gasteiger charge is -2.29. The summed E-state index contributed by atoms with van der Waals surface area (Å²) in [5, 5.41) is 21.5. The minimum Gasteiger partial charge on any atom is -0.478 e. The number of esters is 2. The monoisotopic (exact) mass is 744 g/mol. The number of likely N-dealkylation sites (tertiary alicyclic amines) is 1. The average molecular weight is 745 g/mol. The summed E-state index contributed by atoms with van der Waals surface area (Å²) < 4.78 is 15.2. The fourth-order valence-electron chi connectivity index (χ4n) is 6.98. The summed E-state index contributed by atoms with van der Waals surface area (Å²) in [5.41, 5.74) is 4.79. The Bertz CT molecular complexity index is 1700. The minimum absolute atomic E-state index is 0.0332. The molecule has 1 amide bonds. The van der Waals surface area contributed by atoms with Crippen LogP contribution in [0.2, 0.25) is 0 Å². The van der Waals surface area contributed by atoms with Crippen molar-refractivity contribution in [1.82, 2.24) is 10.2 Å². The van der Waals surface area contributed by atoms with E-state index in [2.05, 4.69) is 43.1 Å². The zero-order chi connectivity index (χ0) is 39.4. The lowest BCUT2D eigenvalue weighted by atomic mass is 9.80. The third-order valence-electron chi connectivity index (χ3n) is 10.0. The molecule has 12 heteroatoms. The molecule has 0 bridgehead atoms. The minimum atomic E-state index is -2.22. The van der Waals surface area contributed by atoms with Gasteiger partial charge in [0.25, 0.3) is 0 Å². The van der Waals surface area contributed by atoms with Gasteiger partial charge in [0.1, 0.15) is 5.75 Å². The summed E-state index contributed by atoms with van der Waals surface area (Å²) in [6.45, 7) is 13.5. The number of carboxylic acids is 2. The highest BCUT2D eigenvalue weighted by molar-refractivity contribution is 5.95. The SMILES string of the molecule is CCCCCCNC(=O)Oc1ccc2c(c1)[C@]1(C)CCN(CCC)C1C2.Cc1ccc(C(=O)OC(C(=O)O)C(OC(=O)c2ccc(C)cc2)C(=O)O)cc1. The first kappa shape index (κ1) is 41.5. The molecule has 5 rings (SSSR count). The van der Waals surface area contributed by atoms with Crippen LogP contribution in [0.25, 0.3) is 0 Å². The molecule has 1 heterocycles. The highest BCUT2D eigenvalue weighted by Crippen LogP contribution is 2.49.